The molecule has 0 aromatic heterocycles. The second-order valence-electron chi connectivity index (χ2n) is 7.67. The molecule has 27 heavy (non-hydrogen) atoms. The molecule has 2 fully saturated rings. The Bertz CT molecular complexity index is 633. The van der Waals surface area contributed by atoms with Crippen LogP contribution in [0.2, 0.25) is 0 Å². The van der Waals surface area contributed by atoms with Gasteiger partial charge < -0.3 is 19.9 Å². The molecule has 6 heteroatoms. The number of hydrogen-bond donors (Lipinski definition) is 1. The van der Waals surface area contributed by atoms with Crippen molar-refractivity contribution in [3.05, 3.63) is 29.8 Å². The molecule has 1 atom stereocenters. The summed E-state index contributed by atoms with van der Waals surface area (Å²) in [5.74, 6) is 2.07. The van der Waals surface area contributed by atoms with Crippen LogP contribution in [0, 0.1) is 11.8 Å². The monoisotopic (exact) mass is 373 g/mol. The molecule has 2 amide bonds. The van der Waals surface area contributed by atoms with Gasteiger partial charge in [-0.15, -0.1) is 0 Å². The third-order valence-electron chi connectivity index (χ3n) is 5.94. The third kappa shape index (κ3) is 5.01. The number of benzene rings is 1. The molecule has 0 saturated carbocycles. The number of nitrogens with zero attached hydrogens (tertiary/aromatic N) is 2. The molecule has 148 valence electrons. The van der Waals surface area contributed by atoms with Gasteiger partial charge in [-0.2, -0.15) is 0 Å². The molecule has 1 N–H and O–H groups in total. The Hall–Kier alpha value is -2.08. The first kappa shape index (κ1) is 19.7. The van der Waals surface area contributed by atoms with Crippen molar-refractivity contribution in [2.24, 2.45) is 11.8 Å². The Balaban J connectivity index is 1.47. The van der Waals surface area contributed by atoms with Crippen LogP contribution in [0.4, 0.5) is 0 Å². The van der Waals surface area contributed by atoms with Gasteiger partial charge in [0.2, 0.25) is 5.91 Å². The third-order valence-corrected chi connectivity index (χ3v) is 5.94. The van der Waals surface area contributed by atoms with Crippen LogP contribution in [0.5, 0.6) is 5.75 Å². The number of methoxy groups -OCH3 is 1. The molecule has 2 heterocycles. The molecule has 3 rings (SSSR count). The highest BCUT2D eigenvalue weighted by Gasteiger charge is 2.28. The standard InChI is InChI=1S/C21H31N3O3/c1-16(17-7-9-22-10-8-17)15-20(25)23-11-13-24(14-12-23)21(26)18-3-5-19(27-2)6-4-18/h3-6,16-17,22H,7-15H2,1-2H3. The highest BCUT2D eigenvalue weighted by molar-refractivity contribution is 5.94. The van der Waals surface area contributed by atoms with Gasteiger partial charge in [-0.1, -0.05) is 6.92 Å². The molecule has 1 unspecified atom stereocenters. The lowest BCUT2D eigenvalue weighted by Gasteiger charge is -2.36. The summed E-state index contributed by atoms with van der Waals surface area (Å²) in [4.78, 5) is 29.1. The number of piperidine rings is 1. The van der Waals surface area contributed by atoms with E-state index in [0.29, 0.717) is 50.0 Å². The number of carbonyl (C=O) groups is 2. The molecular formula is C21H31N3O3. The maximum Gasteiger partial charge on any atom is 0.253 e. The smallest absolute Gasteiger partial charge is 0.253 e. The van der Waals surface area contributed by atoms with Gasteiger partial charge in [-0.25, -0.2) is 0 Å². The van der Waals surface area contributed by atoms with Gasteiger partial charge >= 0.3 is 0 Å². The summed E-state index contributed by atoms with van der Waals surface area (Å²) in [6, 6.07) is 7.18. The van der Waals surface area contributed by atoms with E-state index in [1.54, 1.807) is 31.4 Å². The van der Waals surface area contributed by atoms with E-state index in [-0.39, 0.29) is 11.8 Å². The summed E-state index contributed by atoms with van der Waals surface area (Å²) in [5.41, 5.74) is 0.662. The molecule has 2 aliphatic rings. The maximum atomic E-state index is 12.7. The minimum absolute atomic E-state index is 0.0211. The van der Waals surface area contributed by atoms with Crippen molar-refractivity contribution < 1.29 is 14.3 Å². The zero-order chi connectivity index (χ0) is 19.2. The Kier molecular flexibility index (Phi) is 6.72. The number of nitrogens with one attached hydrogen (secondary N) is 1. The van der Waals surface area contributed by atoms with Crippen LogP contribution in [0.1, 0.15) is 36.5 Å². The van der Waals surface area contributed by atoms with E-state index in [1.165, 1.54) is 12.8 Å². The second-order valence-corrected chi connectivity index (χ2v) is 7.67. The van der Waals surface area contributed by atoms with E-state index in [0.717, 1.165) is 18.8 Å². The first-order valence-corrected chi connectivity index (χ1v) is 10.0. The lowest BCUT2D eigenvalue weighted by atomic mass is 9.84. The van der Waals surface area contributed by atoms with Gasteiger partial charge in [0.05, 0.1) is 7.11 Å². The number of carbonyl (C=O) groups excluding carboxylic acids is 2. The molecule has 6 nitrogen and oxygen atoms in total. The lowest BCUT2D eigenvalue weighted by Crippen LogP contribution is -2.51. The molecule has 1 aromatic rings. The van der Waals surface area contributed by atoms with Crippen LogP contribution in [0.15, 0.2) is 24.3 Å². The fourth-order valence-electron chi connectivity index (χ4n) is 4.06. The molecule has 1 aromatic carbocycles. The fraction of sp³-hybridized carbons (Fsp3) is 0.619. The van der Waals surface area contributed by atoms with Crippen LogP contribution >= 0.6 is 0 Å². The van der Waals surface area contributed by atoms with Gasteiger partial charge in [0.25, 0.3) is 5.91 Å². The zero-order valence-corrected chi connectivity index (χ0v) is 16.4. The van der Waals surface area contributed by atoms with Crippen LogP contribution in [0.25, 0.3) is 0 Å². The topological polar surface area (TPSA) is 61.9 Å². The molecule has 2 saturated heterocycles. The Labute approximate surface area is 161 Å². The number of hydrogen-bond acceptors (Lipinski definition) is 4. The van der Waals surface area contributed by atoms with Crippen molar-refractivity contribution >= 4 is 11.8 Å². The van der Waals surface area contributed by atoms with Crippen LogP contribution < -0.4 is 10.1 Å². The average molecular weight is 373 g/mol. The number of rotatable bonds is 5. The first-order valence-electron chi connectivity index (χ1n) is 10.0. The summed E-state index contributed by atoms with van der Waals surface area (Å²) >= 11 is 0. The van der Waals surface area contributed by atoms with E-state index >= 15 is 0 Å². The van der Waals surface area contributed by atoms with Crippen molar-refractivity contribution in [3.63, 3.8) is 0 Å². The summed E-state index contributed by atoms with van der Waals surface area (Å²) in [5, 5.41) is 3.38. The van der Waals surface area contributed by atoms with E-state index in [1.807, 2.05) is 9.80 Å². The molecule has 0 bridgehead atoms. The maximum absolute atomic E-state index is 12.7. The van der Waals surface area contributed by atoms with Crippen molar-refractivity contribution in [1.29, 1.82) is 0 Å². The predicted octanol–water partition coefficient (Wildman–Crippen LogP) is 2.01. The Morgan fingerprint density at radius 1 is 1.07 bits per heavy atom. The summed E-state index contributed by atoms with van der Waals surface area (Å²) < 4.78 is 5.14. The van der Waals surface area contributed by atoms with Gasteiger partial charge in [0, 0.05) is 38.2 Å². The predicted molar refractivity (Wildman–Crippen MR) is 105 cm³/mol. The van der Waals surface area contributed by atoms with Gasteiger partial charge in [0.15, 0.2) is 0 Å². The highest BCUT2D eigenvalue weighted by Crippen LogP contribution is 2.25. The molecular weight excluding hydrogens is 342 g/mol. The Morgan fingerprint density at radius 2 is 1.67 bits per heavy atom. The van der Waals surface area contributed by atoms with Crippen molar-refractivity contribution in [2.75, 3.05) is 46.4 Å². The van der Waals surface area contributed by atoms with Gasteiger partial charge in [0.1, 0.15) is 5.75 Å². The Morgan fingerprint density at radius 3 is 2.26 bits per heavy atom. The molecule has 0 radical (unpaired) electrons. The van der Waals surface area contributed by atoms with Gasteiger partial charge in [-0.05, 0) is 62.0 Å². The molecule has 0 aliphatic carbocycles. The van der Waals surface area contributed by atoms with E-state index in [2.05, 4.69) is 12.2 Å². The van der Waals surface area contributed by atoms with E-state index in [4.69, 9.17) is 4.74 Å². The van der Waals surface area contributed by atoms with Crippen molar-refractivity contribution in [1.82, 2.24) is 15.1 Å². The minimum Gasteiger partial charge on any atom is -0.497 e. The SMILES string of the molecule is COc1ccc(C(=O)N2CCN(C(=O)CC(C)C3CCNCC3)CC2)cc1. The number of piperazine rings is 1. The fourth-order valence-corrected chi connectivity index (χ4v) is 4.06. The van der Waals surface area contributed by atoms with Crippen molar-refractivity contribution in [2.45, 2.75) is 26.2 Å². The summed E-state index contributed by atoms with van der Waals surface area (Å²) in [6.07, 6.45) is 2.95. The van der Waals surface area contributed by atoms with E-state index < -0.39 is 0 Å². The second kappa shape index (κ2) is 9.22. The molecule has 0 spiro atoms. The minimum atomic E-state index is 0.0211. The summed E-state index contributed by atoms with van der Waals surface area (Å²) in [6.45, 7) is 6.78. The summed E-state index contributed by atoms with van der Waals surface area (Å²) in [7, 11) is 1.61. The van der Waals surface area contributed by atoms with Crippen LogP contribution in [0.3, 0.4) is 0 Å². The normalized spacial score (nSPS) is 19.6. The van der Waals surface area contributed by atoms with Crippen LogP contribution in [-0.2, 0) is 4.79 Å². The first-order chi connectivity index (χ1) is 13.1. The number of amides is 2. The molecule has 2 aliphatic heterocycles. The number of ether oxygens (including phenoxy) is 1. The largest absolute Gasteiger partial charge is 0.497 e. The van der Waals surface area contributed by atoms with E-state index in [9.17, 15) is 9.59 Å². The lowest BCUT2D eigenvalue weighted by molar-refractivity contribution is -0.134. The quantitative estimate of drug-likeness (QED) is 0.858. The van der Waals surface area contributed by atoms with Crippen LogP contribution in [-0.4, -0.2) is 68.0 Å². The van der Waals surface area contributed by atoms with Crippen molar-refractivity contribution in [3.8, 4) is 5.75 Å². The average Bonchev–Trinajstić information content (AvgIpc) is 2.74. The highest BCUT2D eigenvalue weighted by atomic mass is 16.5. The van der Waals surface area contributed by atoms with Gasteiger partial charge in [-0.3, -0.25) is 9.59 Å². The zero-order valence-electron chi connectivity index (χ0n) is 16.4.